The van der Waals surface area contributed by atoms with Crippen LogP contribution in [0.25, 0.3) is 5.70 Å². The molecule has 0 aromatic heterocycles. The number of nitrogens with two attached hydrogens (primary N) is 2. The van der Waals surface area contributed by atoms with Crippen LogP contribution in [-0.4, -0.2) is 80.3 Å². The third-order valence-corrected chi connectivity index (χ3v) is 4.05. The zero-order valence-electron chi connectivity index (χ0n) is 21.7. The lowest BCUT2D eigenvalue weighted by molar-refractivity contribution is -0.114. The summed E-state index contributed by atoms with van der Waals surface area (Å²) in [6, 6.07) is 15.3. The second-order valence-electron chi connectivity index (χ2n) is 7.32. The fourth-order valence-corrected chi connectivity index (χ4v) is 2.39. The molecule has 206 valence electrons. The average molecular weight is 520 g/mol. The fraction of sp³-hybridized carbons (Fsp3) is 0.407. The molecule has 0 saturated heterocycles. The predicted molar refractivity (Wildman–Crippen MR) is 146 cm³/mol. The van der Waals surface area contributed by atoms with Crippen molar-refractivity contribution in [1.82, 2.24) is 0 Å². The molecular formula is C27H41N3O7. The van der Waals surface area contributed by atoms with Gasteiger partial charge in [0.2, 0.25) is 0 Å². The number of ether oxygens (including phenoxy) is 3. The molecule has 0 aliphatic heterocycles. The van der Waals surface area contributed by atoms with Gasteiger partial charge in [0.15, 0.2) is 0 Å². The molecule has 0 spiro atoms. The Morgan fingerprint density at radius 1 is 0.811 bits per heavy atom. The number of aliphatic imine (C=N–C) groups is 1. The van der Waals surface area contributed by atoms with E-state index in [9.17, 15) is 9.90 Å². The number of rotatable bonds is 14. The summed E-state index contributed by atoms with van der Waals surface area (Å²) in [4.78, 5) is 15.7. The summed E-state index contributed by atoms with van der Waals surface area (Å²) >= 11 is 0. The number of aliphatic hydroxyl groups excluding tert-OH is 2. The van der Waals surface area contributed by atoms with E-state index in [0.29, 0.717) is 50.9 Å². The van der Waals surface area contributed by atoms with Crippen LogP contribution in [0.3, 0.4) is 0 Å². The van der Waals surface area contributed by atoms with Crippen LogP contribution in [0, 0.1) is 0 Å². The lowest BCUT2D eigenvalue weighted by Crippen LogP contribution is -2.19. The Hall–Kier alpha value is -3.28. The van der Waals surface area contributed by atoms with Crippen LogP contribution in [0.5, 0.6) is 5.75 Å². The van der Waals surface area contributed by atoms with E-state index >= 15 is 0 Å². The normalized spacial score (nSPS) is 11.1. The first-order chi connectivity index (χ1) is 17.9. The number of phenolic OH excluding ortho intramolecular Hbond substituents is 1. The molecule has 37 heavy (non-hydrogen) atoms. The lowest BCUT2D eigenvalue weighted by Gasteiger charge is -2.05. The number of nitrogens with zero attached hydrogens (tertiary/aromatic N) is 1. The number of amides is 1. The van der Waals surface area contributed by atoms with E-state index in [1.807, 2.05) is 18.2 Å². The zero-order chi connectivity index (χ0) is 27.7. The molecular weight excluding hydrogens is 478 g/mol. The van der Waals surface area contributed by atoms with Gasteiger partial charge in [-0.2, -0.15) is 0 Å². The molecule has 2 aromatic carbocycles. The van der Waals surface area contributed by atoms with Crippen LogP contribution >= 0.6 is 0 Å². The Bertz CT molecular complexity index is 879. The molecule has 7 N–H and O–H groups in total. The highest BCUT2D eigenvalue weighted by molar-refractivity contribution is 6.17. The second kappa shape index (κ2) is 23.1. The highest BCUT2D eigenvalue weighted by Crippen LogP contribution is 2.17. The quantitative estimate of drug-likeness (QED) is 0.144. The number of phenols is 1. The molecule has 0 bridgehead atoms. The van der Waals surface area contributed by atoms with Crippen molar-refractivity contribution in [3.05, 3.63) is 65.7 Å². The SMILES string of the molecule is CCC.NC(=O)/C(C=Nc1ccccc1)=C(/N)c1ccc(O)cc1.OCCOCCOCCOCCO. The first kappa shape index (κ1) is 33.7. The number of carbonyl (C=O) groups excluding carboxylic acids is 1. The van der Waals surface area contributed by atoms with E-state index in [-0.39, 0.29) is 30.2 Å². The van der Waals surface area contributed by atoms with E-state index in [0.717, 1.165) is 0 Å². The van der Waals surface area contributed by atoms with Crippen molar-refractivity contribution < 1.29 is 34.3 Å². The maximum atomic E-state index is 11.5. The smallest absolute Gasteiger partial charge is 0.252 e. The van der Waals surface area contributed by atoms with E-state index in [1.54, 1.807) is 24.3 Å². The third kappa shape index (κ3) is 17.7. The minimum Gasteiger partial charge on any atom is -0.508 e. The van der Waals surface area contributed by atoms with Crippen LogP contribution in [-0.2, 0) is 19.0 Å². The number of carbonyl (C=O) groups is 1. The molecule has 0 aliphatic carbocycles. The molecule has 0 atom stereocenters. The summed E-state index contributed by atoms with van der Waals surface area (Å²) in [7, 11) is 0. The summed E-state index contributed by atoms with van der Waals surface area (Å²) in [6.07, 6.45) is 2.60. The van der Waals surface area contributed by atoms with Crippen molar-refractivity contribution in [2.24, 2.45) is 16.5 Å². The zero-order valence-corrected chi connectivity index (χ0v) is 21.7. The monoisotopic (exact) mass is 519 g/mol. The van der Waals surface area contributed by atoms with Gasteiger partial charge in [-0.15, -0.1) is 0 Å². The first-order valence-electron chi connectivity index (χ1n) is 12.0. The van der Waals surface area contributed by atoms with Gasteiger partial charge in [-0.1, -0.05) is 38.5 Å². The van der Waals surface area contributed by atoms with E-state index < -0.39 is 5.91 Å². The molecule has 10 heteroatoms. The molecule has 0 saturated carbocycles. The largest absolute Gasteiger partial charge is 0.508 e. The molecule has 0 unspecified atom stereocenters. The Morgan fingerprint density at radius 3 is 1.70 bits per heavy atom. The number of hydrogen-bond donors (Lipinski definition) is 5. The summed E-state index contributed by atoms with van der Waals surface area (Å²) in [5.74, 6) is -0.551. The average Bonchev–Trinajstić information content (AvgIpc) is 2.89. The van der Waals surface area contributed by atoms with Crippen LogP contribution in [0.2, 0.25) is 0 Å². The predicted octanol–water partition coefficient (Wildman–Crippen LogP) is 2.39. The fourth-order valence-electron chi connectivity index (χ4n) is 2.39. The number of aromatic hydroxyl groups is 1. The summed E-state index contributed by atoms with van der Waals surface area (Å²) < 4.78 is 15.0. The summed E-state index contributed by atoms with van der Waals surface area (Å²) in [5.41, 5.74) is 12.9. The standard InChI is InChI=1S/C16H15N3O2.C8H18O5.C3H8/c17-15(11-6-8-13(20)9-7-11)14(16(18)21)10-19-12-4-2-1-3-5-12;9-1-3-11-5-7-13-8-6-12-4-2-10;1-3-2/h1-10,20H,17H2,(H2,18,21);9-10H,1-8H2;3H2,1-2H3/b15-14+,19-10?;;. The maximum Gasteiger partial charge on any atom is 0.252 e. The van der Waals surface area contributed by atoms with E-state index in [4.69, 9.17) is 35.9 Å². The van der Waals surface area contributed by atoms with Gasteiger partial charge in [-0.3, -0.25) is 9.79 Å². The van der Waals surface area contributed by atoms with Crippen LogP contribution in [0.1, 0.15) is 25.8 Å². The Balaban J connectivity index is 0.000000696. The van der Waals surface area contributed by atoms with Crippen LogP contribution in [0.4, 0.5) is 5.69 Å². The highest BCUT2D eigenvalue weighted by Gasteiger charge is 2.10. The van der Waals surface area contributed by atoms with Gasteiger partial charge in [0, 0.05) is 6.21 Å². The van der Waals surface area contributed by atoms with Gasteiger partial charge in [-0.05, 0) is 42.0 Å². The van der Waals surface area contributed by atoms with Gasteiger partial charge < -0.3 is 41.0 Å². The van der Waals surface area contributed by atoms with Gasteiger partial charge in [0.1, 0.15) is 5.75 Å². The lowest BCUT2D eigenvalue weighted by atomic mass is 10.1. The molecule has 2 rings (SSSR count). The van der Waals surface area contributed by atoms with Gasteiger partial charge in [0.05, 0.1) is 69.8 Å². The van der Waals surface area contributed by atoms with Gasteiger partial charge in [0.25, 0.3) is 5.91 Å². The first-order valence-corrected chi connectivity index (χ1v) is 12.0. The number of aliphatic hydroxyl groups is 2. The van der Waals surface area contributed by atoms with E-state index in [2.05, 4.69) is 18.8 Å². The molecule has 0 heterocycles. The summed E-state index contributed by atoms with van der Waals surface area (Å²) in [5, 5.41) is 26.0. The number of hydrogen-bond acceptors (Lipinski definition) is 9. The van der Waals surface area contributed by atoms with Crippen molar-refractivity contribution in [2.45, 2.75) is 20.3 Å². The Morgan fingerprint density at radius 2 is 1.27 bits per heavy atom. The Kier molecular flexibility index (Phi) is 21.1. The van der Waals surface area contributed by atoms with Crippen molar-refractivity contribution in [2.75, 3.05) is 52.9 Å². The van der Waals surface area contributed by atoms with Gasteiger partial charge in [-0.25, -0.2) is 0 Å². The van der Waals surface area contributed by atoms with E-state index in [1.165, 1.54) is 24.8 Å². The molecule has 1 amide bonds. The summed E-state index contributed by atoms with van der Waals surface area (Å²) in [6.45, 7) is 7.01. The van der Waals surface area contributed by atoms with Crippen molar-refractivity contribution in [1.29, 1.82) is 0 Å². The highest BCUT2D eigenvalue weighted by atomic mass is 16.5. The molecule has 10 nitrogen and oxygen atoms in total. The molecule has 2 aromatic rings. The molecule has 0 aliphatic rings. The number of para-hydroxylation sites is 1. The van der Waals surface area contributed by atoms with Gasteiger partial charge >= 0.3 is 0 Å². The Labute approximate surface area is 219 Å². The van der Waals surface area contributed by atoms with Crippen molar-refractivity contribution >= 4 is 23.5 Å². The third-order valence-electron chi connectivity index (χ3n) is 4.05. The maximum absolute atomic E-state index is 11.5. The second-order valence-corrected chi connectivity index (χ2v) is 7.32. The molecule has 0 radical (unpaired) electrons. The van der Waals surface area contributed by atoms with Crippen LogP contribution in [0.15, 0.2) is 65.2 Å². The number of primary amides is 1. The molecule has 0 fully saturated rings. The van der Waals surface area contributed by atoms with Crippen molar-refractivity contribution in [3.63, 3.8) is 0 Å². The van der Waals surface area contributed by atoms with Crippen LogP contribution < -0.4 is 11.5 Å². The minimum absolute atomic E-state index is 0.0413. The number of benzene rings is 2. The topological polar surface area (TPSA) is 170 Å². The minimum atomic E-state index is -0.666. The van der Waals surface area contributed by atoms with Crippen molar-refractivity contribution in [3.8, 4) is 5.75 Å².